The molecule has 0 radical (unpaired) electrons. The van der Waals surface area contributed by atoms with Gasteiger partial charge in [0.25, 0.3) is 5.82 Å². The number of benzene rings is 1. The first-order valence-electron chi connectivity index (χ1n) is 5.94. The fraction of sp³-hybridized carbons (Fsp3) is 0.308. The van der Waals surface area contributed by atoms with Gasteiger partial charge < -0.3 is 5.32 Å². The van der Waals surface area contributed by atoms with E-state index < -0.39 is 0 Å². The minimum absolute atomic E-state index is 0.172. The lowest BCUT2D eigenvalue weighted by molar-refractivity contribution is 0.586. The number of rotatable bonds is 4. The summed E-state index contributed by atoms with van der Waals surface area (Å²) >= 11 is 3.47. The maximum Gasteiger partial charge on any atom is 0.252 e. The summed E-state index contributed by atoms with van der Waals surface area (Å²) in [5, 5.41) is 16.3. The maximum atomic E-state index is 8.78. The van der Waals surface area contributed by atoms with Crippen LogP contribution in [0.1, 0.15) is 25.2 Å². The van der Waals surface area contributed by atoms with E-state index in [1.807, 2.05) is 24.3 Å². The molecule has 5 nitrogen and oxygen atoms in total. The molecule has 19 heavy (non-hydrogen) atoms. The molecule has 0 aliphatic carbocycles. The molecule has 6 heteroatoms. The molecule has 1 N–H and O–H groups in total. The molecule has 0 bridgehead atoms. The zero-order valence-corrected chi connectivity index (χ0v) is 12.3. The highest BCUT2D eigenvalue weighted by Gasteiger charge is 2.08. The number of nitriles is 1. The molecule has 1 aromatic heterocycles. The second-order valence-electron chi connectivity index (χ2n) is 4.43. The molecule has 0 aliphatic rings. The Balaban J connectivity index is 2.36. The number of aromatic nitrogens is 3. The summed E-state index contributed by atoms with van der Waals surface area (Å²) in [5.41, 5.74) is 2.02. The van der Waals surface area contributed by atoms with Gasteiger partial charge in [0.1, 0.15) is 12.4 Å². The quantitative estimate of drug-likeness (QED) is 0.939. The highest BCUT2D eigenvalue weighted by atomic mass is 79.9. The van der Waals surface area contributed by atoms with Crippen molar-refractivity contribution in [3.8, 4) is 11.8 Å². The third-order valence-corrected chi connectivity index (χ3v) is 3.07. The highest BCUT2D eigenvalue weighted by molar-refractivity contribution is 9.10. The van der Waals surface area contributed by atoms with Crippen molar-refractivity contribution in [2.24, 2.45) is 0 Å². The number of hydrogen-bond donors (Lipinski definition) is 1. The van der Waals surface area contributed by atoms with Crippen LogP contribution < -0.4 is 5.32 Å². The Morgan fingerprint density at radius 3 is 2.89 bits per heavy atom. The van der Waals surface area contributed by atoms with E-state index in [0.29, 0.717) is 6.04 Å². The summed E-state index contributed by atoms with van der Waals surface area (Å²) in [4.78, 5) is 3.93. The predicted molar refractivity (Wildman–Crippen MR) is 75.7 cm³/mol. The van der Waals surface area contributed by atoms with Gasteiger partial charge in [-0.25, -0.2) is 9.67 Å². The second kappa shape index (κ2) is 5.95. The molecule has 0 unspecified atom stereocenters. The van der Waals surface area contributed by atoms with Crippen LogP contribution in [-0.4, -0.2) is 20.8 Å². The van der Waals surface area contributed by atoms with Crippen LogP contribution >= 0.6 is 15.9 Å². The molecular formula is C13H14BrN5. The van der Waals surface area contributed by atoms with E-state index in [4.69, 9.17) is 5.26 Å². The first-order valence-corrected chi connectivity index (χ1v) is 6.73. The van der Waals surface area contributed by atoms with Gasteiger partial charge in [0.15, 0.2) is 0 Å². The van der Waals surface area contributed by atoms with Crippen LogP contribution in [0.2, 0.25) is 0 Å². The van der Waals surface area contributed by atoms with Crippen molar-refractivity contribution in [2.45, 2.75) is 26.4 Å². The molecule has 0 fully saturated rings. The van der Waals surface area contributed by atoms with E-state index in [0.717, 1.165) is 22.3 Å². The van der Waals surface area contributed by atoms with Crippen molar-refractivity contribution >= 4 is 15.9 Å². The highest BCUT2D eigenvalue weighted by Crippen LogP contribution is 2.19. The van der Waals surface area contributed by atoms with Crippen molar-refractivity contribution in [2.75, 3.05) is 0 Å². The first kappa shape index (κ1) is 13.7. The minimum atomic E-state index is 0.172. The smallest absolute Gasteiger partial charge is 0.252 e. The van der Waals surface area contributed by atoms with Crippen LogP contribution in [0, 0.1) is 11.3 Å². The van der Waals surface area contributed by atoms with E-state index in [1.54, 1.807) is 11.0 Å². The number of nitrogens with one attached hydrogen (secondary N) is 1. The van der Waals surface area contributed by atoms with E-state index in [9.17, 15) is 0 Å². The molecule has 0 saturated heterocycles. The zero-order chi connectivity index (χ0) is 13.8. The molecule has 0 spiro atoms. The number of halogens is 1. The zero-order valence-electron chi connectivity index (χ0n) is 10.8. The molecule has 1 aromatic carbocycles. The summed E-state index contributed by atoms with van der Waals surface area (Å²) < 4.78 is 2.64. The molecule has 0 aliphatic heterocycles. The van der Waals surface area contributed by atoms with Crippen LogP contribution in [0.25, 0.3) is 5.69 Å². The largest absolute Gasteiger partial charge is 0.310 e. The van der Waals surface area contributed by atoms with Gasteiger partial charge in [-0.1, -0.05) is 29.8 Å². The van der Waals surface area contributed by atoms with Crippen LogP contribution in [0.5, 0.6) is 0 Å². The Bertz CT molecular complexity index is 612. The number of hydrogen-bond acceptors (Lipinski definition) is 4. The van der Waals surface area contributed by atoms with Crippen LogP contribution in [0.15, 0.2) is 29.0 Å². The molecule has 2 aromatic rings. The van der Waals surface area contributed by atoms with Crippen molar-refractivity contribution in [3.05, 3.63) is 40.4 Å². The summed E-state index contributed by atoms with van der Waals surface area (Å²) in [6.45, 7) is 4.93. The molecule has 1 heterocycles. The summed E-state index contributed by atoms with van der Waals surface area (Å²) in [6, 6.07) is 8.27. The average Bonchev–Trinajstić information content (AvgIpc) is 2.85. The molecule has 0 saturated carbocycles. The van der Waals surface area contributed by atoms with Crippen LogP contribution in [-0.2, 0) is 6.54 Å². The fourth-order valence-corrected chi connectivity index (χ4v) is 2.07. The molecule has 0 amide bonds. The fourth-order valence-electron chi connectivity index (χ4n) is 1.66. The molecular weight excluding hydrogens is 306 g/mol. The lowest BCUT2D eigenvalue weighted by Crippen LogP contribution is -2.22. The van der Waals surface area contributed by atoms with Gasteiger partial charge in [0, 0.05) is 17.1 Å². The van der Waals surface area contributed by atoms with Gasteiger partial charge in [-0.2, -0.15) is 5.26 Å². The van der Waals surface area contributed by atoms with Gasteiger partial charge in [0.2, 0.25) is 0 Å². The van der Waals surface area contributed by atoms with E-state index in [-0.39, 0.29) is 5.82 Å². The molecule has 98 valence electrons. The van der Waals surface area contributed by atoms with Crippen molar-refractivity contribution in [1.82, 2.24) is 20.1 Å². The first-order chi connectivity index (χ1) is 9.10. The monoisotopic (exact) mass is 319 g/mol. The topological polar surface area (TPSA) is 66.5 Å². The van der Waals surface area contributed by atoms with Gasteiger partial charge in [-0.05, 0) is 23.8 Å². The SMILES string of the molecule is CC(C)NCc1cc(Br)ccc1-n1cnc(C#N)n1. The van der Waals surface area contributed by atoms with E-state index in [1.165, 1.54) is 0 Å². The summed E-state index contributed by atoms with van der Waals surface area (Å²) in [7, 11) is 0. The Kier molecular flexibility index (Phi) is 4.30. The average molecular weight is 320 g/mol. The Morgan fingerprint density at radius 1 is 1.47 bits per heavy atom. The number of nitrogens with zero attached hydrogens (tertiary/aromatic N) is 4. The lowest BCUT2D eigenvalue weighted by Gasteiger charge is -2.12. The van der Waals surface area contributed by atoms with Gasteiger partial charge >= 0.3 is 0 Å². The minimum Gasteiger partial charge on any atom is -0.310 e. The lowest BCUT2D eigenvalue weighted by atomic mass is 10.1. The van der Waals surface area contributed by atoms with E-state index in [2.05, 4.69) is 45.2 Å². The maximum absolute atomic E-state index is 8.78. The summed E-state index contributed by atoms with van der Waals surface area (Å²) in [6.07, 6.45) is 1.56. The van der Waals surface area contributed by atoms with Crippen LogP contribution in [0.4, 0.5) is 0 Å². The van der Waals surface area contributed by atoms with E-state index >= 15 is 0 Å². The Morgan fingerprint density at radius 2 is 2.26 bits per heavy atom. The molecule has 0 atom stereocenters. The van der Waals surface area contributed by atoms with Gasteiger partial charge in [0.05, 0.1) is 5.69 Å². The van der Waals surface area contributed by atoms with Crippen LogP contribution in [0.3, 0.4) is 0 Å². The Labute approximate surface area is 120 Å². The van der Waals surface area contributed by atoms with Gasteiger partial charge in [-0.3, -0.25) is 0 Å². The van der Waals surface area contributed by atoms with Crippen molar-refractivity contribution < 1.29 is 0 Å². The predicted octanol–water partition coefficient (Wildman–Crippen LogP) is 2.40. The van der Waals surface area contributed by atoms with Crippen molar-refractivity contribution in [3.63, 3.8) is 0 Å². The standard InChI is InChI=1S/C13H14BrN5/c1-9(2)16-7-10-5-11(14)3-4-12(10)19-8-17-13(6-15)18-19/h3-5,8-9,16H,7H2,1-2H3. The Hall–Kier alpha value is -1.71. The second-order valence-corrected chi connectivity index (χ2v) is 5.35. The molecule has 2 rings (SSSR count). The van der Waals surface area contributed by atoms with Crippen molar-refractivity contribution in [1.29, 1.82) is 5.26 Å². The summed E-state index contributed by atoms with van der Waals surface area (Å²) in [5.74, 6) is 0.172. The third kappa shape index (κ3) is 3.40. The third-order valence-electron chi connectivity index (χ3n) is 2.58. The van der Waals surface area contributed by atoms with Gasteiger partial charge in [-0.15, -0.1) is 5.10 Å². The normalized spacial score (nSPS) is 10.7.